The summed E-state index contributed by atoms with van der Waals surface area (Å²) in [5.74, 6) is 0.463. The Bertz CT molecular complexity index is 620. The summed E-state index contributed by atoms with van der Waals surface area (Å²) in [6, 6.07) is 1.26. The predicted octanol–water partition coefficient (Wildman–Crippen LogP) is 2.43. The molecule has 9 heteroatoms. The van der Waals surface area contributed by atoms with Crippen molar-refractivity contribution in [3.63, 3.8) is 0 Å². The summed E-state index contributed by atoms with van der Waals surface area (Å²) in [7, 11) is 0. The smallest absolute Gasteiger partial charge is 0.408 e. The second-order valence-electron chi connectivity index (χ2n) is 5.02. The minimum Gasteiger partial charge on any atom is -0.408 e. The molecule has 6 nitrogen and oxygen atoms in total. The molecule has 1 fully saturated rings. The lowest BCUT2D eigenvalue weighted by atomic mass is 10.1. The van der Waals surface area contributed by atoms with E-state index in [1.165, 1.54) is 10.9 Å². The van der Waals surface area contributed by atoms with Gasteiger partial charge in [0.15, 0.2) is 5.69 Å². The minimum absolute atomic E-state index is 0.137. The summed E-state index contributed by atoms with van der Waals surface area (Å²) in [5.41, 5.74) is -0.867. The summed E-state index contributed by atoms with van der Waals surface area (Å²) in [6.07, 6.45) is -1.45. The van der Waals surface area contributed by atoms with Crippen molar-refractivity contribution >= 4 is 6.01 Å². The van der Waals surface area contributed by atoms with Gasteiger partial charge in [-0.2, -0.15) is 18.3 Å². The Balaban J connectivity index is 1.75. The molecule has 1 saturated heterocycles. The fraction of sp³-hybridized carbons (Fsp3) is 0.583. The lowest BCUT2D eigenvalue weighted by Crippen LogP contribution is -2.37. The van der Waals surface area contributed by atoms with Gasteiger partial charge in [-0.25, -0.2) is 0 Å². The number of rotatable bonds is 2. The molecule has 2 aromatic heterocycles. The number of aromatic nitrogens is 4. The molecule has 2 aromatic rings. The topological polar surface area (TPSA) is 60.0 Å². The monoisotopic (exact) mass is 301 g/mol. The van der Waals surface area contributed by atoms with Gasteiger partial charge in [0.05, 0.1) is 6.04 Å². The van der Waals surface area contributed by atoms with Crippen molar-refractivity contribution in [2.45, 2.75) is 32.0 Å². The molecule has 114 valence electrons. The number of halogens is 3. The van der Waals surface area contributed by atoms with Gasteiger partial charge in [-0.15, -0.1) is 5.10 Å². The van der Waals surface area contributed by atoms with Crippen LogP contribution in [0.4, 0.5) is 19.2 Å². The average molecular weight is 301 g/mol. The van der Waals surface area contributed by atoms with E-state index in [0.717, 1.165) is 25.5 Å². The summed E-state index contributed by atoms with van der Waals surface area (Å²) >= 11 is 0. The first kappa shape index (κ1) is 13.9. The van der Waals surface area contributed by atoms with Crippen molar-refractivity contribution in [2.24, 2.45) is 0 Å². The standard InChI is InChI=1S/C12H14F3N5O/c1-8-16-17-11(21-8)19-5-2-3-9(7-19)20-6-4-10(18-20)12(13,14)15/h4,6,9H,2-3,5,7H2,1H3. The number of hydrogen-bond acceptors (Lipinski definition) is 5. The van der Waals surface area contributed by atoms with Gasteiger partial charge < -0.3 is 9.32 Å². The Morgan fingerprint density at radius 2 is 2.14 bits per heavy atom. The van der Waals surface area contributed by atoms with E-state index in [9.17, 15) is 13.2 Å². The van der Waals surface area contributed by atoms with Gasteiger partial charge in [0.25, 0.3) is 0 Å². The van der Waals surface area contributed by atoms with E-state index in [0.29, 0.717) is 18.5 Å². The van der Waals surface area contributed by atoms with Gasteiger partial charge >= 0.3 is 12.2 Å². The van der Waals surface area contributed by atoms with Crippen molar-refractivity contribution in [1.29, 1.82) is 0 Å². The molecule has 0 aromatic carbocycles. The second kappa shape index (κ2) is 5.05. The van der Waals surface area contributed by atoms with E-state index in [1.54, 1.807) is 6.92 Å². The molecule has 1 aliphatic heterocycles. The Hall–Kier alpha value is -2.06. The zero-order chi connectivity index (χ0) is 15.0. The SMILES string of the molecule is Cc1nnc(N2CCCC(n3ccc(C(F)(F)F)n3)C2)o1. The van der Waals surface area contributed by atoms with Crippen molar-refractivity contribution in [2.75, 3.05) is 18.0 Å². The van der Waals surface area contributed by atoms with E-state index in [2.05, 4.69) is 15.3 Å². The lowest BCUT2D eigenvalue weighted by molar-refractivity contribution is -0.141. The molecule has 0 amide bonds. The number of aryl methyl sites for hydroxylation is 1. The first-order chi connectivity index (χ1) is 9.93. The molecule has 0 N–H and O–H groups in total. The third-order valence-corrected chi connectivity index (χ3v) is 3.46. The van der Waals surface area contributed by atoms with E-state index >= 15 is 0 Å². The van der Waals surface area contributed by atoms with Crippen molar-refractivity contribution in [3.05, 3.63) is 23.8 Å². The highest BCUT2D eigenvalue weighted by Crippen LogP contribution is 2.30. The molecular weight excluding hydrogens is 287 g/mol. The van der Waals surface area contributed by atoms with Crippen LogP contribution in [0.25, 0.3) is 0 Å². The fourth-order valence-corrected chi connectivity index (χ4v) is 2.45. The predicted molar refractivity (Wildman–Crippen MR) is 66.7 cm³/mol. The zero-order valence-electron chi connectivity index (χ0n) is 11.3. The number of piperidine rings is 1. The lowest BCUT2D eigenvalue weighted by Gasteiger charge is -2.31. The summed E-state index contributed by atoms with van der Waals surface area (Å²) in [4.78, 5) is 1.88. The third kappa shape index (κ3) is 2.86. The van der Waals surface area contributed by atoms with Gasteiger partial charge in [0, 0.05) is 26.2 Å². The molecule has 0 spiro atoms. The molecular formula is C12H14F3N5O. The highest BCUT2D eigenvalue weighted by atomic mass is 19.4. The molecule has 3 rings (SSSR count). The fourth-order valence-electron chi connectivity index (χ4n) is 2.45. The largest absolute Gasteiger partial charge is 0.435 e. The molecule has 1 atom stereocenters. The van der Waals surface area contributed by atoms with Gasteiger partial charge in [0.1, 0.15) is 0 Å². The average Bonchev–Trinajstić information content (AvgIpc) is 3.07. The Kier molecular flexibility index (Phi) is 3.34. The first-order valence-electron chi connectivity index (χ1n) is 6.61. The van der Waals surface area contributed by atoms with Gasteiger partial charge in [0.2, 0.25) is 5.89 Å². The summed E-state index contributed by atoms with van der Waals surface area (Å²) in [5, 5.41) is 11.3. The number of anilines is 1. The van der Waals surface area contributed by atoms with Crippen LogP contribution in [0.3, 0.4) is 0 Å². The van der Waals surface area contributed by atoms with E-state index in [1.807, 2.05) is 4.90 Å². The van der Waals surface area contributed by atoms with Crippen LogP contribution in [0.15, 0.2) is 16.7 Å². The maximum atomic E-state index is 12.6. The van der Waals surface area contributed by atoms with Crippen molar-refractivity contribution in [3.8, 4) is 0 Å². The third-order valence-electron chi connectivity index (χ3n) is 3.46. The van der Waals surface area contributed by atoms with Crippen LogP contribution >= 0.6 is 0 Å². The highest BCUT2D eigenvalue weighted by molar-refractivity contribution is 5.25. The normalized spacial score (nSPS) is 20.0. The maximum absolute atomic E-state index is 12.6. The highest BCUT2D eigenvalue weighted by Gasteiger charge is 2.34. The van der Waals surface area contributed by atoms with Crippen LogP contribution < -0.4 is 4.90 Å². The van der Waals surface area contributed by atoms with Crippen LogP contribution in [0.2, 0.25) is 0 Å². The molecule has 0 radical (unpaired) electrons. The number of hydrogen-bond donors (Lipinski definition) is 0. The summed E-state index contributed by atoms with van der Waals surface area (Å²) < 4.78 is 44.5. The molecule has 0 aliphatic carbocycles. The Labute approximate surface area is 118 Å². The van der Waals surface area contributed by atoms with Crippen molar-refractivity contribution in [1.82, 2.24) is 20.0 Å². The van der Waals surface area contributed by atoms with E-state index < -0.39 is 11.9 Å². The van der Waals surface area contributed by atoms with E-state index in [-0.39, 0.29) is 6.04 Å². The molecule has 3 heterocycles. The van der Waals surface area contributed by atoms with Crippen LogP contribution in [-0.2, 0) is 6.18 Å². The van der Waals surface area contributed by atoms with Crippen LogP contribution in [0.5, 0.6) is 0 Å². The van der Waals surface area contributed by atoms with E-state index in [4.69, 9.17) is 4.42 Å². The Morgan fingerprint density at radius 1 is 1.33 bits per heavy atom. The molecule has 0 saturated carbocycles. The zero-order valence-corrected chi connectivity index (χ0v) is 11.3. The molecule has 1 unspecified atom stereocenters. The number of alkyl halides is 3. The Morgan fingerprint density at radius 3 is 2.76 bits per heavy atom. The minimum atomic E-state index is -4.41. The molecule has 21 heavy (non-hydrogen) atoms. The van der Waals surface area contributed by atoms with Gasteiger partial charge in [-0.3, -0.25) is 4.68 Å². The number of nitrogens with zero attached hydrogens (tertiary/aromatic N) is 5. The quantitative estimate of drug-likeness (QED) is 0.852. The maximum Gasteiger partial charge on any atom is 0.435 e. The second-order valence-corrected chi connectivity index (χ2v) is 5.02. The first-order valence-corrected chi connectivity index (χ1v) is 6.61. The van der Waals surface area contributed by atoms with Gasteiger partial charge in [-0.05, 0) is 18.9 Å². The molecule has 0 bridgehead atoms. The summed E-state index contributed by atoms with van der Waals surface area (Å²) in [6.45, 7) is 2.94. The molecule has 1 aliphatic rings. The van der Waals surface area contributed by atoms with Crippen LogP contribution in [-0.4, -0.2) is 33.1 Å². The van der Waals surface area contributed by atoms with Gasteiger partial charge in [-0.1, -0.05) is 5.10 Å². The van der Waals surface area contributed by atoms with Crippen molar-refractivity contribution < 1.29 is 17.6 Å². The van der Waals surface area contributed by atoms with Crippen LogP contribution in [0.1, 0.15) is 30.5 Å². The van der Waals surface area contributed by atoms with Crippen LogP contribution in [0, 0.1) is 6.92 Å².